The minimum absolute atomic E-state index is 0.0825. The number of benzene rings is 1. The van der Waals surface area contributed by atoms with Gasteiger partial charge in [-0.1, -0.05) is 0 Å². The van der Waals surface area contributed by atoms with Crippen LogP contribution in [-0.2, 0) is 14.3 Å². The molecule has 1 saturated carbocycles. The van der Waals surface area contributed by atoms with E-state index in [2.05, 4.69) is 0 Å². The van der Waals surface area contributed by atoms with Crippen molar-refractivity contribution < 1.29 is 28.2 Å². The van der Waals surface area contributed by atoms with Crippen molar-refractivity contribution in [2.24, 2.45) is 5.92 Å². The molecular formula is C18H21F2NO4. The SMILES string of the molecule is O=C(O)CCN(CC1CCCO1)C(=O)C1CC1c1cc(F)ccc1F. The molecule has 5 nitrogen and oxygen atoms in total. The second-order valence-corrected chi connectivity index (χ2v) is 6.68. The minimum atomic E-state index is -0.978. The number of hydrogen-bond donors (Lipinski definition) is 1. The largest absolute Gasteiger partial charge is 0.481 e. The number of amides is 1. The number of carboxylic acids is 1. The highest BCUT2D eigenvalue weighted by molar-refractivity contribution is 5.83. The molecule has 1 saturated heterocycles. The molecule has 1 amide bonds. The molecule has 1 aromatic carbocycles. The fourth-order valence-electron chi connectivity index (χ4n) is 3.40. The maximum atomic E-state index is 13.9. The summed E-state index contributed by atoms with van der Waals surface area (Å²) in [6, 6.07) is 3.25. The second-order valence-electron chi connectivity index (χ2n) is 6.68. The van der Waals surface area contributed by atoms with Crippen molar-refractivity contribution in [2.45, 2.75) is 37.7 Å². The average molecular weight is 353 g/mol. The molecule has 1 N–H and O–H groups in total. The van der Waals surface area contributed by atoms with E-state index in [9.17, 15) is 18.4 Å². The van der Waals surface area contributed by atoms with E-state index in [0.29, 0.717) is 19.6 Å². The lowest BCUT2D eigenvalue weighted by Gasteiger charge is -2.25. The van der Waals surface area contributed by atoms with Gasteiger partial charge in [0.25, 0.3) is 0 Å². The highest BCUT2D eigenvalue weighted by atomic mass is 19.1. The van der Waals surface area contributed by atoms with Gasteiger partial charge < -0.3 is 14.7 Å². The quantitative estimate of drug-likeness (QED) is 0.818. The molecule has 0 spiro atoms. The van der Waals surface area contributed by atoms with Crippen LogP contribution in [0.4, 0.5) is 8.78 Å². The van der Waals surface area contributed by atoms with Crippen LogP contribution in [0.3, 0.4) is 0 Å². The van der Waals surface area contributed by atoms with Crippen molar-refractivity contribution >= 4 is 11.9 Å². The molecule has 1 aliphatic carbocycles. The van der Waals surface area contributed by atoms with Gasteiger partial charge in [-0.2, -0.15) is 0 Å². The summed E-state index contributed by atoms with van der Waals surface area (Å²) in [6.45, 7) is 1.09. The molecule has 3 unspecified atom stereocenters. The monoisotopic (exact) mass is 353 g/mol. The first-order valence-corrected chi connectivity index (χ1v) is 8.53. The number of carbonyl (C=O) groups is 2. The second kappa shape index (κ2) is 7.47. The normalized spacial score (nSPS) is 25.0. The van der Waals surface area contributed by atoms with Crippen LogP contribution < -0.4 is 0 Å². The predicted octanol–water partition coefficient (Wildman–Crippen LogP) is 2.55. The van der Waals surface area contributed by atoms with Crippen LogP contribution in [0, 0.1) is 17.6 Å². The third kappa shape index (κ3) is 4.34. The summed E-state index contributed by atoms with van der Waals surface area (Å²) in [4.78, 5) is 25.1. The summed E-state index contributed by atoms with van der Waals surface area (Å²) < 4.78 is 32.8. The molecular weight excluding hydrogens is 332 g/mol. The van der Waals surface area contributed by atoms with Gasteiger partial charge in [0, 0.05) is 25.6 Å². The molecule has 136 valence electrons. The number of aliphatic carboxylic acids is 1. The molecule has 1 aliphatic heterocycles. The van der Waals surface area contributed by atoms with Gasteiger partial charge in [-0.25, -0.2) is 8.78 Å². The Balaban J connectivity index is 1.67. The number of halogens is 2. The fraction of sp³-hybridized carbons (Fsp3) is 0.556. The van der Waals surface area contributed by atoms with Gasteiger partial charge >= 0.3 is 5.97 Å². The van der Waals surface area contributed by atoms with Gasteiger partial charge in [0.2, 0.25) is 5.91 Å². The minimum Gasteiger partial charge on any atom is -0.481 e. The van der Waals surface area contributed by atoms with Gasteiger partial charge in [-0.05, 0) is 48.9 Å². The van der Waals surface area contributed by atoms with Crippen LogP contribution in [0.5, 0.6) is 0 Å². The van der Waals surface area contributed by atoms with Gasteiger partial charge in [0.1, 0.15) is 11.6 Å². The van der Waals surface area contributed by atoms with E-state index >= 15 is 0 Å². The summed E-state index contributed by atoms with van der Waals surface area (Å²) >= 11 is 0. The van der Waals surface area contributed by atoms with E-state index in [0.717, 1.165) is 31.0 Å². The third-order valence-electron chi connectivity index (χ3n) is 4.82. The summed E-state index contributed by atoms with van der Waals surface area (Å²) in [6.07, 6.45) is 1.98. The topological polar surface area (TPSA) is 66.8 Å². The zero-order valence-electron chi connectivity index (χ0n) is 13.8. The van der Waals surface area contributed by atoms with E-state index in [-0.39, 0.29) is 36.5 Å². The van der Waals surface area contributed by atoms with Crippen LogP contribution in [-0.4, -0.2) is 47.7 Å². The van der Waals surface area contributed by atoms with E-state index < -0.39 is 23.5 Å². The van der Waals surface area contributed by atoms with Gasteiger partial charge in [0.05, 0.1) is 12.5 Å². The van der Waals surface area contributed by atoms with Crippen LogP contribution in [0.2, 0.25) is 0 Å². The van der Waals surface area contributed by atoms with E-state index in [1.807, 2.05) is 0 Å². The number of carboxylic acid groups (broad SMARTS) is 1. The Hall–Kier alpha value is -2.02. The van der Waals surface area contributed by atoms with E-state index in [1.165, 1.54) is 4.90 Å². The van der Waals surface area contributed by atoms with Crippen LogP contribution >= 0.6 is 0 Å². The van der Waals surface area contributed by atoms with Crippen molar-refractivity contribution in [3.8, 4) is 0 Å². The standard InChI is InChI=1S/C18H21F2NO4/c19-11-3-4-16(20)14(8-11)13-9-15(13)18(24)21(6-5-17(22)23)10-12-2-1-7-25-12/h3-4,8,12-13,15H,1-2,5-7,9-10H2,(H,22,23). The lowest BCUT2D eigenvalue weighted by atomic mass is 10.1. The molecule has 25 heavy (non-hydrogen) atoms. The first-order valence-electron chi connectivity index (χ1n) is 8.53. The first-order chi connectivity index (χ1) is 12.0. The molecule has 2 fully saturated rings. The maximum Gasteiger partial charge on any atom is 0.305 e. The fourth-order valence-corrected chi connectivity index (χ4v) is 3.40. The number of hydrogen-bond acceptors (Lipinski definition) is 3. The molecule has 0 radical (unpaired) electrons. The summed E-state index contributed by atoms with van der Waals surface area (Å²) in [5.41, 5.74) is 0.216. The van der Waals surface area contributed by atoms with E-state index in [4.69, 9.17) is 9.84 Å². The van der Waals surface area contributed by atoms with Crippen molar-refractivity contribution in [1.82, 2.24) is 4.90 Å². The molecule has 1 aromatic rings. The highest BCUT2D eigenvalue weighted by Gasteiger charge is 2.47. The van der Waals surface area contributed by atoms with Crippen molar-refractivity contribution in [2.75, 3.05) is 19.7 Å². The first kappa shape index (κ1) is 17.8. The van der Waals surface area contributed by atoms with Crippen LogP contribution in [0.25, 0.3) is 0 Å². The molecule has 3 rings (SSSR count). The smallest absolute Gasteiger partial charge is 0.305 e. The molecule has 0 aromatic heterocycles. The number of carbonyl (C=O) groups excluding carboxylic acids is 1. The van der Waals surface area contributed by atoms with Crippen LogP contribution in [0.15, 0.2) is 18.2 Å². The Bertz CT molecular complexity index is 660. The maximum absolute atomic E-state index is 13.9. The number of nitrogens with zero attached hydrogens (tertiary/aromatic N) is 1. The average Bonchev–Trinajstić information content (AvgIpc) is 3.20. The predicted molar refractivity (Wildman–Crippen MR) is 85.0 cm³/mol. The van der Waals surface area contributed by atoms with Gasteiger partial charge in [0.15, 0.2) is 0 Å². The summed E-state index contributed by atoms with van der Waals surface area (Å²) in [7, 11) is 0. The zero-order valence-corrected chi connectivity index (χ0v) is 13.8. The van der Waals surface area contributed by atoms with Crippen molar-refractivity contribution in [1.29, 1.82) is 0 Å². The molecule has 7 heteroatoms. The van der Waals surface area contributed by atoms with Gasteiger partial charge in [-0.3, -0.25) is 9.59 Å². The number of ether oxygens (including phenoxy) is 1. The lowest BCUT2D eigenvalue weighted by Crippen LogP contribution is -2.39. The van der Waals surface area contributed by atoms with Crippen LogP contribution in [0.1, 0.15) is 37.2 Å². The Morgan fingerprint density at radius 1 is 1.32 bits per heavy atom. The highest BCUT2D eigenvalue weighted by Crippen LogP contribution is 2.49. The number of rotatable bonds is 7. The Morgan fingerprint density at radius 2 is 2.12 bits per heavy atom. The molecule has 0 bridgehead atoms. The Kier molecular flexibility index (Phi) is 5.32. The molecule has 3 atom stereocenters. The lowest BCUT2D eigenvalue weighted by molar-refractivity contribution is -0.139. The molecule has 1 heterocycles. The summed E-state index contributed by atoms with van der Waals surface area (Å²) in [5.74, 6) is -3.00. The molecule has 2 aliphatic rings. The van der Waals surface area contributed by atoms with Crippen molar-refractivity contribution in [3.05, 3.63) is 35.4 Å². The summed E-state index contributed by atoms with van der Waals surface area (Å²) in [5, 5.41) is 8.90. The van der Waals surface area contributed by atoms with Gasteiger partial charge in [-0.15, -0.1) is 0 Å². The Labute approximate surface area is 144 Å². The zero-order chi connectivity index (χ0) is 18.0. The third-order valence-corrected chi connectivity index (χ3v) is 4.82. The van der Waals surface area contributed by atoms with Crippen molar-refractivity contribution in [3.63, 3.8) is 0 Å². The van der Waals surface area contributed by atoms with E-state index in [1.54, 1.807) is 0 Å². The Morgan fingerprint density at radius 3 is 2.80 bits per heavy atom.